The molecule has 1 N–H and O–H groups in total. The molecule has 0 saturated heterocycles. The Bertz CT molecular complexity index is 544. The zero-order valence-electron chi connectivity index (χ0n) is 10.4. The van der Waals surface area contributed by atoms with Crippen LogP contribution in [0, 0.1) is 6.92 Å². The van der Waals surface area contributed by atoms with Crippen LogP contribution in [0.3, 0.4) is 0 Å². The number of Topliss-reactive ketones (excluding diaryl/α,β-unsaturated/α-hetero) is 1. The molecule has 0 amide bonds. The Hall–Kier alpha value is -2.09. The maximum absolute atomic E-state index is 11.9. The fourth-order valence-corrected chi connectivity index (χ4v) is 1.92. The summed E-state index contributed by atoms with van der Waals surface area (Å²) in [6.45, 7) is 1.91. The van der Waals surface area contributed by atoms with Crippen LogP contribution >= 0.6 is 0 Å². The molecule has 0 aliphatic carbocycles. The van der Waals surface area contributed by atoms with Crippen molar-refractivity contribution in [2.45, 2.75) is 19.8 Å². The lowest BCUT2D eigenvalue weighted by Crippen LogP contribution is -2.06. The second kappa shape index (κ2) is 5.50. The van der Waals surface area contributed by atoms with E-state index >= 15 is 0 Å². The average Bonchev–Trinajstić information content (AvgIpc) is 2.34. The molecule has 0 fully saturated rings. The van der Waals surface area contributed by atoms with Crippen molar-refractivity contribution >= 4 is 5.78 Å². The smallest absolute Gasteiger partial charge is 0.141 e. The van der Waals surface area contributed by atoms with Gasteiger partial charge in [-0.1, -0.05) is 42.5 Å². The Morgan fingerprint density at radius 3 is 2.44 bits per heavy atom. The highest BCUT2D eigenvalue weighted by Crippen LogP contribution is 2.19. The number of hydrogen-bond donors (Lipinski definition) is 1. The molecule has 0 unspecified atom stereocenters. The zero-order chi connectivity index (χ0) is 13.0. The van der Waals surface area contributed by atoms with Crippen molar-refractivity contribution < 1.29 is 9.90 Å². The Labute approximate surface area is 107 Å². The van der Waals surface area contributed by atoms with E-state index in [4.69, 9.17) is 0 Å². The van der Waals surface area contributed by atoms with Gasteiger partial charge in [-0.05, 0) is 24.1 Å². The van der Waals surface area contributed by atoms with E-state index in [2.05, 4.69) is 0 Å². The number of aryl methyl sites for hydroxylation is 1. The predicted octanol–water partition coefficient (Wildman–Crippen LogP) is 3.05. The van der Waals surface area contributed by atoms with E-state index in [1.54, 1.807) is 6.07 Å². The molecular weight excluding hydrogens is 224 g/mol. The number of benzene rings is 2. The van der Waals surface area contributed by atoms with E-state index in [-0.39, 0.29) is 18.0 Å². The van der Waals surface area contributed by atoms with Gasteiger partial charge >= 0.3 is 0 Å². The molecule has 0 bridgehead atoms. The molecular formula is C16H16O2. The minimum Gasteiger partial charge on any atom is -0.508 e. The third-order valence-electron chi connectivity index (χ3n) is 2.87. The van der Waals surface area contributed by atoms with Gasteiger partial charge in [-0.25, -0.2) is 0 Å². The number of ketones is 1. The Kier molecular flexibility index (Phi) is 3.78. The molecule has 2 aromatic rings. The topological polar surface area (TPSA) is 37.3 Å². The molecule has 0 radical (unpaired) electrons. The van der Waals surface area contributed by atoms with Crippen molar-refractivity contribution in [1.82, 2.24) is 0 Å². The monoisotopic (exact) mass is 240 g/mol. The summed E-state index contributed by atoms with van der Waals surface area (Å²) in [7, 11) is 0. The van der Waals surface area contributed by atoms with Gasteiger partial charge in [0, 0.05) is 18.4 Å². The van der Waals surface area contributed by atoms with E-state index in [9.17, 15) is 9.90 Å². The standard InChI is InChI=1S/C16H16O2/c1-12-7-8-14(16(18)9-12)11-15(17)10-13-5-3-2-4-6-13/h2-9,18H,10-11H2,1H3. The second-order valence-corrected chi connectivity index (χ2v) is 4.51. The van der Waals surface area contributed by atoms with Crippen LogP contribution < -0.4 is 0 Å². The van der Waals surface area contributed by atoms with Gasteiger partial charge in [-0.3, -0.25) is 4.79 Å². The number of carbonyl (C=O) groups is 1. The minimum absolute atomic E-state index is 0.111. The summed E-state index contributed by atoms with van der Waals surface area (Å²) in [5, 5.41) is 9.75. The molecule has 92 valence electrons. The fraction of sp³-hybridized carbons (Fsp3) is 0.188. The molecule has 0 spiro atoms. The van der Waals surface area contributed by atoms with Gasteiger partial charge in [-0.15, -0.1) is 0 Å². The van der Waals surface area contributed by atoms with E-state index in [0.717, 1.165) is 11.1 Å². The van der Waals surface area contributed by atoms with Crippen LogP contribution in [-0.4, -0.2) is 10.9 Å². The highest BCUT2D eigenvalue weighted by molar-refractivity contribution is 5.83. The number of phenols is 1. The Morgan fingerprint density at radius 2 is 1.78 bits per heavy atom. The van der Waals surface area contributed by atoms with Gasteiger partial charge in [0.25, 0.3) is 0 Å². The van der Waals surface area contributed by atoms with Crippen molar-refractivity contribution in [1.29, 1.82) is 0 Å². The summed E-state index contributed by atoms with van der Waals surface area (Å²) in [5.41, 5.74) is 2.70. The molecule has 2 nitrogen and oxygen atoms in total. The highest BCUT2D eigenvalue weighted by atomic mass is 16.3. The molecule has 0 heterocycles. The molecule has 0 atom stereocenters. The van der Waals surface area contributed by atoms with Crippen molar-refractivity contribution in [3.63, 3.8) is 0 Å². The van der Waals surface area contributed by atoms with Gasteiger partial charge in [0.15, 0.2) is 0 Å². The first-order chi connectivity index (χ1) is 8.65. The van der Waals surface area contributed by atoms with Crippen LogP contribution in [0.5, 0.6) is 5.75 Å². The summed E-state index contributed by atoms with van der Waals surface area (Å²) in [4.78, 5) is 11.9. The van der Waals surface area contributed by atoms with E-state index in [1.807, 2.05) is 49.4 Å². The maximum atomic E-state index is 11.9. The molecule has 0 aliphatic heterocycles. The molecule has 2 heteroatoms. The SMILES string of the molecule is Cc1ccc(CC(=O)Cc2ccccc2)c(O)c1. The predicted molar refractivity (Wildman–Crippen MR) is 71.7 cm³/mol. The second-order valence-electron chi connectivity index (χ2n) is 4.51. The summed E-state index contributed by atoms with van der Waals surface area (Å²) in [6, 6.07) is 15.1. The quantitative estimate of drug-likeness (QED) is 0.891. The number of rotatable bonds is 4. The van der Waals surface area contributed by atoms with Gasteiger partial charge < -0.3 is 5.11 Å². The molecule has 2 rings (SSSR count). The van der Waals surface area contributed by atoms with Gasteiger partial charge in [0.1, 0.15) is 11.5 Å². The third kappa shape index (κ3) is 3.20. The molecule has 2 aromatic carbocycles. The Morgan fingerprint density at radius 1 is 1.06 bits per heavy atom. The average molecular weight is 240 g/mol. The molecule has 0 saturated carbocycles. The van der Waals surface area contributed by atoms with Gasteiger partial charge in [0.05, 0.1) is 0 Å². The first-order valence-corrected chi connectivity index (χ1v) is 5.99. The normalized spacial score (nSPS) is 10.3. The van der Waals surface area contributed by atoms with Crippen LogP contribution in [0.25, 0.3) is 0 Å². The van der Waals surface area contributed by atoms with E-state index in [0.29, 0.717) is 12.0 Å². The number of phenolic OH excluding ortho intramolecular Hbond substituents is 1. The van der Waals surface area contributed by atoms with E-state index in [1.165, 1.54) is 0 Å². The first-order valence-electron chi connectivity index (χ1n) is 5.99. The van der Waals surface area contributed by atoms with Crippen LogP contribution in [0.1, 0.15) is 16.7 Å². The number of carbonyl (C=O) groups excluding carboxylic acids is 1. The molecule has 18 heavy (non-hydrogen) atoms. The van der Waals surface area contributed by atoms with Crippen molar-refractivity contribution in [2.24, 2.45) is 0 Å². The summed E-state index contributed by atoms with van der Waals surface area (Å²) in [6.07, 6.45) is 0.690. The summed E-state index contributed by atoms with van der Waals surface area (Å²) < 4.78 is 0. The van der Waals surface area contributed by atoms with Gasteiger partial charge in [0.2, 0.25) is 0 Å². The van der Waals surface area contributed by atoms with Crippen LogP contribution in [0.2, 0.25) is 0 Å². The Balaban J connectivity index is 2.03. The van der Waals surface area contributed by atoms with Crippen molar-refractivity contribution in [3.8, 4) is 5.75 Å². The minimum atomic E-state index is 0.111. The first kappa shape index (κ1) is 12.4. The van der Waals surface area contributed by atoms with Crippen molar-refractivity contribution in [3.05, 3.63) is 65.2 Å². The summed E-state index contributed by atoms with van der Waals surface area (Å²) in [5.74, 6) is 0.316. The van der Waals surface area contributed by atoms with Crippen molar-refractivity contribution in [2.75, 3.05) is 0 Å². The molecule has 0 aliphatic rings. The fourth-order valence-electron chi connectivity index (χ4n) is 1.92. The number of hydrogen-bond acceptors (Lipinski definition) is 2. The highest BCUT2D eigenvalue weighted by Gasteiger charge is 2.08. The lowest BCUT2D eigenvalue weighted by Gasteiger charge is -2.05. The summed E-state index contributed by atoms with van der Waals surface area (Å²) >= 11 is 0. The lowest BCUT2D eigenvalue weighted by atomic mass is 10.0. The zero-order valence-corrected chi connectivity index (χ0v) is 10.4. The van der Waals surface area contributed by atoms with Gasteiger partial charge in [-0.2, -0.15) is 0 Å². The number of aromatic hydroxyl groups is 1. The third-order valence-corrected chi connectivity index (χ3v) is 2.87. The molecule has 0 aromatic heterocycles. The van der Waals surface area contributed by atoms with Crippen LogP contribution in [0.15, 0.2) is 48.5 Å². The van der Waals surface area contributed by atoms with E-state index < -0.39 is 0 Å². The largest absolute Gasteiger partial charge is 0.508 e. The maximum Gasteiger partial charge on any atom is 0.141 e. The van der Waals surface area contributed by atoms with Crippen LogP contribution in [0.4, 0.5) is 0 Å². The van der Waals surface area contributed by atoms with Crippen LogP contribution in [-0.2, 0) is 17.6 Å². The lowest BCUT2D eigenvalue weighted by molar-refractivity contribution is -0.117.